The summed E-state index contributed by atoms with van der Waals surface area (Å²) in [5.74, 6) is 0. The van der Waals surface area contributed by atoms with E-state index in [1.54, 1.807) is 0 Å². The molecular formula is C63H42N6+6. The molecular weight excluding hydrogens is 841 g/mol. The topological polar surface area (TPSA) is 23.3 Å². The fourth-order valence-corrected chi connectivity index (χ4v) is 16.8. The van der Waals surface area contributed by atoms with Crippen LogP contribution < -0.4 is 27.4 Å². The first kappa shape index (κ1) is 35.0. The Morgan fingerprint density at radius 3 is 0.667 bits per heavy atom. The maximum atomic E-state index is 2.57. The van der Waals surface area contributed by atoms with Crippen LogP contribution in [0.2, 0.25) is 0 Å². The van der Waals surface area contributed by atoms with Gasteiger partial charge in [0.05, 0.1) is 49.6 Å². The monoisotopic (exact) mass is 882 g/mol. The minimum absolute atomic E-state index is 0.600. The van der Waals surface area contributed by atoms with Crippen LogP contribution in [0, 0.1) is 0 Å². The summed E-state index contributed by atoms with van der Waals surface area (Å²) in [5.41, 5.74) is 31.7. The number of fused-ring (bicyclic) bond motifs is 24. The predicted octanol–water partition coefficient (Wildman–Crippen LogP) is 7.48. The number of rotatable bonds is 0. The molecule has 0 saturated carbocycles. The van der Waals surface area contributed by atoms with Gasteiger partial charge in [-0.15, -0.1) is 0 Å². The van der Waals surface area contributed by atoms with Gasteiger partial charge in [-0.2, -0.15) is 27.4 Å². The minimum Gasteiger partial charge on any atom is -0.186 e. The summed E-state index contributed by atoms with van der Waals surface area (Å²) in [6.45, 7) is 5.68. The average molecular weight is 883 g/mol. The van der Waals surface area contributed by atoms with Crippen LogP contribution in [-0.2, 0) is 55.5 Å². The SMILES string of the molecule is c1ccc2c(c1)-c1c(c3c(c4c1C1(c5ccccc5-4)c4ccc[n+]5c4-c4c1ccc[n+]4CC5)C1(c4ccccc4-3)c3ccc[n+]4c3-c3c1ccc[n+]3CC4)C21c2ccc[n+]3c2-c2c1ccc[n+]2CC3. The molecule has 0 radical (unpaired) electrons. The van der Waals surface area contributed by atoms with Crippen molar-refractivity contribution in [1.29, 1.82) is 0 Å². The molecule has 6 aliphatic carbocycles. The highest BCUT2D eigenvalue weighted by Crippen LogP contribution is 2.76. The van der Waals surface area contributed by atoms with Crippen LogP contribution in [0.15, 0.2) is 183 Å². The Bertz CT molecular complexity index is 3620. The zero-order valence-corrected chi connectivity index (χ0v) is 37.7. The van der Waals surface area contributed by atoms with Crippen LogP contribution in [0.1, 0.15) is 66.8 Å². The average Bonchev–Trinajstić information content (AvgIpc) is 4.22. The Labute approximate surface area is 398 Å². The van der Waals surface area contributed by atoms with Gasteiger partial charge in [-0.1, -0.05) is 72.8 Å². The van der Waals surface area contributed by atoms with Crippen molar-refractivity contribution in [2.24, 2.45) is 0 Å². The third-order valence-corrected chi connectivity index (χ3v) is 18.7. The number of benzene rings is 4. The van der Waals surface area contributed by atoms with E-state index in [1.807, 2.05) is 0 Å². The van der Waals surface area contributed by atoms with Crippen molar-refractivity contribution in [3.63, 3.8) is 0 Å². The van der Waals surface area contributed by atoms with Crippen LogP contribution in [0.3, 0.4) is 0 Å². The molecule has 6 aromatic heterocycles. The number of aryl methyl sites for hydroxylation is 6. The zero-order valence-electron chi connectivity index (χ0n) is 37.7. The van der Waals surface area contributed by atoms with Crippen LogP contribution >= 0.6 is 0 Å². The molecule has 0 unspecified atom stereocenters. The first-order valence-electron chi connectivity index (χ1n) is 25.0. The molecule has 3 spiro atoms. The molecule has 19 rings (SSSR count). The second-order valence-electron chi connectivity index (χ2n) is 20.9. The molecule has 0 atom stereocenters. The van der Waals surface area contributed by atoms with Gasteiger partial charge in [-0.25, -0.2) is 0 Å². The number of nitrogens with zero attached hydrogens (tertiary/aromatic N) is 6. The van der Waals surface area contributed by atoms with Gasteiger partial charge >= 0.3 is 0 Å². The highest BCUT2D eigenvalue weighted by molar-refractivity contribution is 6.11. The van der Waals surface area contributed by atoms with Crippen LogP contribution in [0.4, 0.5) is 0 Å². The van der Waals surface area contributed by atoms with Gasteiger partial charge in [-0.3, -0.25) is 0 Å². The second-order valence-corrected chi connectivity index (χ2v) is 20.9. The van der Waals surface area contributed by atoms with E-state index in [0.717, 1.165) is 39.3 Å². The fourth-order valence-electron chi connectivity index (χ4n) is 16.8. The van der Waals surface area contributed by atoms with Crippen LogP contribution in [-0.4, -0.2) is 0 Å². The van der Waals surface area contributed by atoms with Gasteiger partial charge in [0.25, 0.3) is 34.2 Å². The molecule has 6 nitrogen and oxygen atoms in total. The van der Waals surface area contributed by atoms with Crippen molar-refractivity contribution < 1.29 is 27.4 Å². The minimum atomic E-state index is -0.600. The molecule has 4 aromatic carbocycles. The van der Waals surface area contributed by atoms with E-state index in [9.17, 15) is 0 Å². The van der Waals surface area contributed by atoms with E-state index in [1.165, 1.54) is 134 Å². The highest BCUT2D eigenvalue weighted by Gasteiger charge is 2.70. The molecule has 0 fully saturated rings. The molecule has 69 heavy (non-hydrogen) atoms. The van der Waals surface area contributed by atoms with Crippen molar-refractivity contribution in [1.82, 2.24) is 0 Å². The van der Waals surface area contributed by atoms with E-state index >= 15 is 0 Å². The second kappa shape index (κ2) is 11.2. The summed E-state index contributed by atoms with van der Waals surface area (Å²) < 4.78 is 15.4. The lowest BCUT2D eigenvalue weighted by Gasteiger charge is -2.35. The van der Waals surface area contributed by atoms with Crippen molar-refractivity contribution in [3.05, 3.63) is 250 Å². The molecule has 318 valence electrons. The first-order chi connectivity index (χ1) is 34.3. The fraction of sp³-hybridized carbons (Fsp3) is 0.143. The quantitative estimate of drug-likeness (QED) is 0.141. The van der Waals surface area contributed by atoms with Gasteiger partial charge < -0.3 is 0 Å². The highest BCUT2D eigenvalue weighted by atomic mass is 15.1. The number of aromatic nitrogens is 6. The maximum Gasteiger partial charge on any atom is 0.282 e. The third kappa shape index (κ3) is 3.36. The predicted molar refractivity (Wildman–Crippen MR) is 257 cm³/mol. The van der Waals surface area contributed by atoms with Crippen molar-refractivity contribution >= 4 is 0 Å². The standard InChI is InChI=1S/C63H42N6/c1-4-16-40-37(13-1)49-52(61(40)43-19-7-25-64-31-32-65-26-8-20-44(61)56(65)55(43)64)50-39-15-3-6-18-42(39)63(47-23-11-29-68-35-36-69-30-12-24-48(63)60(69)59(47)68)54(50)51-38-14-2-5-17-41(38)62(53(49)51)45-21-9-27-66-33-34-67-28-10-22-46(62)58(67)57(45)66/h1-30H,31-36H2/q+6. The van der Waals surface area contributed by atoms with Gasteiger partial charge in [0, 0.05) is 36.4 Å². The summed E-state index contributed by atoms with van der Waals surface area (Å²) in [7, 11) is 0. The molecule has 0 N–H and O–H groups in total. The van der Waals surface area contributed by atoms with E-state index < -0.39 is 16.2 Å². The van der Waals surface area contributed by atoms with Crippen molar-refractivity contribution in [2.45, 2.75) is 55.5 Å². The zero-order chi connectivity index (χ0) is 44.3. The summed E-state index contributed by atoms with van der Waals surface area (Å²) in [6, 6.07) is 58.0. The smallest absolute Gasteiger partial charge is 0.186 e. The lowest BCUT2D eigenvalue weighted by molar-refractivity contribution is -0.794. The Hall–Kier alpha value is -8.22. The van der Waals surface area contributed by atoms with Crippen LogP contribution in [0.5, 0.6) is 0 Å². The molecule has 0 bridgehead atoms. The number of hydrogen-bond donors (Lipinski definition) is 0. The lowest BCUT2D eigenvalue weighted by Crippen LogP contribution is -2.52. The summed E-state index contributed by atoms with van der Waals surface area (Å²) >= 11 is 0. The maximum absolute atomic E-state index is 2.57. The summed E-state index contributed by atoms with van der Waals surface area (Å²) in [4.78, 5) is 0. The molecule has 9 heterocycles. The van der Waals surface area contributed by atoms with E-state index in [4.69, 9.17) is 0 Å². The van der Waals surface area contributed by atoms with E-state index in [2.05, 4.69) is 210 Å². The Morgan fingerprint density at radius 1 is 0.232 bits per heavy atom. The molecule has 0 amide bonds. The van der Waals surface area contributed by atoms with Gasteiger partial charge in [0.1, 0.15) is 0 Å². The van der Waals surface area contributed by atoms with Crippen molar-refractivity contribution in [3.8, 4) is 67.5 Å². The normalized spacial score (nSPS) is 17.6. The Balaban J connectivity index is 1.13. The summed E-state index contributed by atoms with van der Waals surface area (Å²) in [6.07, 6.45) is 14.0. The van der Waals surface area contributed by atoms with Gasteiger partial charge in [0.2, 0.25) is 39.3 Å². The molecule has 6 heteroatoms. The Morgan fingerprint density at radius 2 is 0.435 bits per heavy atom. The molecule has 0 saturated heterocycles. The largest absolute Gasteiger partial charge is 0.282 e. The third-order valence-electron chi connectivity index (χ3n) is 18.7. The lowest BCUT2D eigenvalue weighted by atomic mass is 9.63. The molecule has 9 aliphatic rings. The summed E-state index contributed by atoms with van der Waals surface area (Å²) in [5, 5.41) is 0. The molecule has 3 aliphatic heterocycles. The van der Waals surface area contributed by atoms with E-state index in [-0.39, 0.29) is 0 Å². The van der Waals surface area contributed by atoms with E-state index in [0.29, 0.717) is 0 Å². The number of hydrogen-bond acceptors (Lipinski definition) is 0. The first-order valence-corrected chi connectivity index (χ1v) is 25.0. The molecule has 10 aromatic rings. The van der Waals surface area contributed by atoms with Gasteiger partial charge in [-0.05, 0) is 103 Å². The van der Waals surface area contributed by atoms with Crippen molar-refractivity contribution in [2.75, 3.05) is 0 Å². The van der Waals surface area contributed by atoms with Gasteiger partial charge in [0.15, 0.2) is 37.2 Å². The Kier molecular flexibility index (Phi) is 5.68. The number of pyridine rings is 6. The van der Waals surface area contributed by atoms with Crippen LogP contribution in [0.25, 0.3) is 67.5 Å².